The van der Waals surface area contributed by atoms with Gasteiger partial charge in [0.05, 0.1) is 29.8 Å². The number of rotatable bonds is 5. The maximum absolute atomic E-state index is 6.06. The second-order valence-corrected chi connectivity index (χ2v) is 6.42. The maximum atomic E-state index is 6.06. The van der Waals surface area contributed by atoms with Gasteiger partial charge in [-0.15, -0.1) is 0 Å². The fourth-order valence-corrected chi connectivity index (χ4v) is 3.01. The number of anilines is 1. The molecule has 3 aromatic heterocycles. The lowest BCUT2D eigenvalue weighted by molar-refractivity contribution is 0.730. The van der Waals surface area contributed by atoms with E-state index in [-0.39, 0.29) is 0 Å². The molecule has 4 rings (SSSR count). The van der Waals surface area contributed by atoms with Gasteiger partial charge in [-0.1, -0.05) is 23.7 Å². The van der Waals surface area contributed by atoms with E-state index in [0.717, 1.165) is 35.7 Å². The van der Waals surface area contributed by atoms with E-state index in [1.165, 1.54) is 0 Å². The first kappa shape index (κ1) is 16.5. The first-order valence-electron chi connectivity index (χ1n) is 8.27. The van der Waals surface area contributed by atoms with Crippen molar-refractivity contribution < 1.29 is 0 Å². The topological polar surface area (TPSA) is 59.7 Å². The van der Waals surface area contributed by atoms with E-state index in [0.29, 0.717) is 11.6 Å². The second-order valence-electron chi connectivity index (χ2n) is 5.98. The molecule has 0 saturated heterocycles. The smallest absolute Gasteiger partial charge is 0.132 e. The van der Waals surface area contributed by atoms with Crippen LogP contribution in [-0.4, -0.2) is 31.0 Å². The summed E-state index contributed by atoms with van der Waals surface area (Å²) >= 11 is 6.06. The lowest BCUT2D eigenvalue weighted by Gasteiger charge is -2.20. The van der Waals surface area contributed by atoms with Crippen LogP contribution in [0.15, 0.2) is 72.8 Å². The molecule has 0 fully saturated rings. The molecule has 0 N–H and O–H groups in total. The lowest BCUT2D eigenvalue weighted by atomic mass is 10.1. The number of allylic oxidation sites excluding steroid dienone is 2. The Labute approximate surface area is 156 Å². The summed E-state index contributed by atoms with van der Waals surface area (Å²) in [5.74, 6) is 0.879. The van der Waals surface area contributed by atoms with Gasteiger partial charge in [-0.05, 0) is 17.7 Å². The van der Waals surface area contributed by atoms with Gasteiger partial charge in [0.2, 0.25) is 0 Å². The molecular weight excluding hydrogens is 348 g/mol. The molecule has 26 heavy (non-hydrogen) atoms. The molecule has 3 aromatic rings. The summed E-state index contributed by atoms with van der Waals surface area (Å²) in [6.07, 6.45) is 17.3. The van der Waals surface area contributed by atoms with Gasteiger partial charge in [0.15, 0.2) is 0 Å². The summed E-state index contributed by atoms with van der Waals surface area (Å²) in [4.78, 5) is 19.3. The normalized spacial score (nSPS) is 13.7. The van der Waals surface area contributed by atoms with E-state index in [9.17, 15) is 0 Å². The number of hydrogen-bond acceptors (Lipinski definition) is 5. The first-order valence-corrected chi connectivity index (χ1v) is 8.65. The van der Waals surface area contributed by atoms with Gasteiger partial charge in [-0.25, -0.2) is 9.97 Å². The predicted octanol–water partition coefficient (Wildman–Crippen LogP) is 3.16. The van der Waals surface area contributed by atoms with Crippen molar-refractivity contribution in [1.29, 1.82) is 0 Å². The molecule has 0 atom stereocenters. The van der Waals surface area contributed by atoms with Crippen LogP contribution in [0.3, 0.4) is 0 Å². The van der Waals surface area contributed by atoms with Gasteiger partial charge >= 0.3 is 0 Å². The van der Waals surface area contributed by atoms with E-state index < -0.39 is 0 Å². The average molecular weight is 365 g/mol. The number of imidazole rings is 1. The molecule has 0 spiro atoms. The Balaban J connectivity index is 1.47. The molecule has 1 aliphatic heterocycles. The minimum atomic E-state index is 0.651. The Morgan fingerprint density at radius 2 is 2.00 bits per heavy atom. The van der Waals surface area contributed by atoms with E-state index in [1.807, 2.05) is 48.0 Å². The van der Waals surface area contributed by atoms with Crippen molar-refractivity contribution in [2.24, 2.45) is 0 Å². The summed E-state index contributed by atoms with van der Waals surface area (Å²) in [7, 11) is 0. The molecule has 0 radical (unpaired) electrons. The second kappa shape index (κ2) is 7.49. The molecule has 130 valence electrons. The predicted molar refractivity (Wildman–Crippen MR) is 101 cm³/mol. The van der Waals surface area contributed by atoms with E-state index in [1.54, 1.807) is 18.6 Å². The number of halogens is 1. The van der Waals surface area contributed by atoms with Gasteiger partial charge in [-0.2, -0.15) is 0 Å². The summed E-state index contributed by atoms with van der Waals surface area (Å²) in [5, 5.41) is 0.704. The van der Waals surface area contributed by atoms with Crippen LogP contribution in [0.1, 0.15) is 17.0 Å². The highest BCUT2D eigenvalue weighted by atomic mass is 35.5. The van der Waals surface area contributed by atoms with E-state index in [4.69, 9.17) is 11.6 Å². The lowest BCUT2D eigenvalue weighted by Crippen LogP contribution is -2.19. The summed E-state index contributed by atoms with van der Waals surface area (Å²) in [6.45, 7) is 1.42. The quantitative estimate of drug-likeness (QED) is 0.696. The summed E-state index contributed by atoms with van der Waals surface area (Å²) in [6, 6.07) is 4.10. The van der Waals surface area contributed by atoms with Crippen molar-refractivity contribution in [2.45, 2.75) is 13.0 Å². The highest BCUT2D eigenvalue weighted by Crippen LogP contribution is 2.19. The third kappa shape index (κ3) is 3.81. The average Bonchev–Trinajstić information content (AvgIpc) is 3.10. The van der Waals surface area contributed by atoms with Crippen LogP contribution in [0.25, 0.3) is 0 Å². The maximum Gasteiger partial charge on any atom is 0.132 e. The first-order chi connectivity index (χ1) is 12.8. The summed E-state index contributed by atoms with van der Waals surface area (Å²) < 4.78 is 2.08. The van der Waals surface area contributed by atoms with Crippen LogP contribution >= 0.6 is 11.6 Å². The van der Waals surface area contributed by atoms with Crippen molar-refractivity contribution in [2.75, 3.05) is 11.4 Å². The van der Waals surface area contributed by atoms with Gasteiger partial charge in [0, 0.05) is 49.6 Å². The van der Waals surface area contributed by atoms with Crippen LogP contribution in [0.4, 0.5) is 5.82 Å². The third-order valence-corrected chi connectivity index (χ3v) is 4.32. The molecule has 0 bridgehead atoms. The number of nitrogens with zero attached hydrogens (tertiary/aromatic N) is 6. The molecule has 0 saturated carbocycles. The highest BCUT2D eigenvalue weighted by Gasteiger charge is 2.09. The minimum absolute atomic E-state index is 0.651. The van der Waals surface area contributed by atoms with Crippen molar-refractivity contribution >= 4 is 17.4 Å². The Morgan fingerprint density at radius 1 is 1.04 bits per heavy atom. The molecule has 0 aromatic carbocycles. The Hall–Kier alpha value is -2.99. The fourth-order valence-electron chi connectivity index (χ4n) is 2.81. The van der Waals surface area contributed by atoms with Crippen LogP contribution in [0.5, 0.6) is 0 Å². The summed E-state index contributed by atoms with van der Waals surface area (Å²) in [5.41, 5.74) is 3.13. The van der Waals surface area contributed by atoms with Crippen molar-refractivity contribution in [3.05, 3.63) is 89.8 Å². The van der Waals surface area contributed by atoms with Gasteiger partial charge in [-0.3, -0.25) is 9.97 Å². The van der Waals surface area contributed by atoms with Gasteiger partial charge < -0.3 is 9.47 Å². The van der Waals surface area contributed by atoms with Crippen LogP contribution in [-0.2, 0) is 13.0 Å². The fraction of sp³-hybridized carbons (Fsp3) is 0.158. The van der Waals surface area contributed by atoms with Crippen LogP contribution in [0.2, 0.25) is 0 Å². The molecule has 0 unspecified atom stereocenters. The van der Waals surface area contributed by atoms with Crippen LogP contribution < -0.4 is 4.90 Å². The molecule has 1 aliphatic rings. The van der Waals surface area contributed by atoms with Gasteiger partial charge in [0.1, 0.15) is 5.82 Å². The zero-order valence-electron chi connectivity index (χ0n) is 14.0. The Bertz CT molecular complexity index is 930. The zero-order valence-corrected chi connectivity index (χ0v) is 14.8. The molecular formula is C19H17ClN6. The van der Waals surface area contributed by atoms with E-state index >= 15 is 0 Å². The molecule has 0 amide bonds. The zero-order chi connectivity index (χ0) is 17.8. The number of hydrogen-bond donors (Lipinski definition) is 0. The Kier molecular flexibility index (Phi) is 4.75. The molecule has 0 aliphatic carbocycles. The largest absolute Gasteiger partial charge is 0.328 e. The standard InChI is InChI=1S/C19H17ClN6/c20-16-2-1-7-25(12-16)19-4-3-15(9-24-19)8-18-11-22-14-26(18)13-17-10-21-5-6-23-17/h1-6,9-12,14H,7-8,13H2. The van der Waals surface area contributed by atoms with Crippen molar-refractivity contribution in [1.82, 2.24) is 24.5 Å². The SMILES string of the molecule is ClC1=CN(c2ccc(Cc3cncn3Cc3cnccn3)cn2)CC=C1. The number of pyridine rings is 1. The minimum Gasteiger partial charge on any atom is -0.328 e. The highest BCUT2D eigenvalue weighted by molar-refractivity contribution is 6.31. The Morgan fingerprint density at radius 3 is 2.77 bits per heavy atom. The molecule has 7 heteroatoms. The van der Waals surface area contributed by atoms with Crippen molar-refractivity contribution in [3.8, 4) is 0 Å². The third-order valence-electron chi connectivity index (χ3n) is 4.09. The van der Waals surface area contributed by atoms with E-state index in [2.05, 4.69) is 30.6 Å². The van der Waals surface area contributed by atoms with Crippen molar-refractivity contribution in [3.63, 3.8) is 0 Å². The molecule has 6 nitrogen and oxygen atoms in total. The van der Waals surface area contributed by atoms with Crippen LogP contribution in [0, 0.1) is 0 Å². The monoisotopic (exact) mass is 364 g/mol. The number of aromatic nitrogens is 5. The van der Waals surface area contributed by atoms with Gasteiger partial charge in [0.25, 0.3) is 0 Å². The molecule has 4 heterocycles.